The third-order valence-electron chi connectivity index (χ3n) is 3.43. The zero-order valence-electron chi connectivity index (χ0n) is 12.8. The van der Waals surface area contributed by atoms with Crippen molar-refractivity contribution in [2.24, 2.45) is 5.73 Å². The highest BCUT2D eigenvalue weighted by molar-refractivity contribution is 5.96. The second-order valence-corrected chi connectivity index (χ2v) is 6.17. The van der Waals surface area contributed by atoms with Gasteiger partial charge in [-0.3, -0.25) is 4.79 Å². The summed E-state index contributed by atoms with van der Waals surface area (Å²) in [6.07, 6.45) is 0. The first-order valence-corrected chi connectivity index (χ1v) is 7.10. The summed E-state index contributed by atoms with van der Waals surface area (Å²) in [5.74, 6) is -0.196. The Bertz CT molecular complexity index is 615. The Balaban J connectivity index is 2.21. The minimum Gasteiger partial charge on any atom is -0.324 e. The lowest BCUT2D eigenvalue weighted by Crippen LogP contribution is -2.29. The van der Waals surface area contributed by atoms with Crippen molar-refractivity contribution in [3.63, 3.8) is 0 Å². The first-order chi connectivity index (χ1) is 9.89. The van der Waals surface area contributed by atoms with E-state index in [-0.39, 0.29) is 11.3 Å². The lowest BCUT2D eigenvalue weighted by molar-refractivity contribution is -0.117. The molecule has 0 radical (unpaired) electrons. The zero-order chi connectivity index (χ0) is 15.5. The molecule has 1 unspecified atom stereocenters. The maximum atomic E-state index is 12.4. The van der Waals surface area contributed by atoms with E-state index < -0.39 is 6.04 Å². The summed E-state index contributed by atoms with van der Waals surface area (Å²) in [5, 5.41) is 2.95. The molecule has 3 heteroatoms. The van der Waals surface area contributed by atoms with Gasteiger partial charge in [-0.1, -0.05) is 69.3 Å². The molecule has 2 rings (SSSR count). The zero-order valence-corrected chi connectivity index (χ0v) is 12.8. The van der Waals surface area contributed by atoms with Gasteiger partial charge >= 0.3 is 0 Å². The molecule has 0 aliphatic carbocycles. The van der Waals surface area contributed by atoms with Crippen LogP contribution < -0.4 is 11.1 Å². The molecule has 110 valence electrons. The SMILES string of the molecule is CC(C)(C)c1ccccc1NC(=O)C(N)c1ccccc1. The van der Waals surface area contributed by atoms with Crippen LogP contribution in [0.1, 0.15) is 37.9 Å². The van der Waals surface area contributed by atoms with E-state index in [0.717, 1.165) is 16.8 Å². The third kappa shape index (κ3) is 3.70. The molecular formula is C18H22N2O. The number of benzene rings is 2. The molecule has 0 bridgehead atoms. The van der Waals surface area contributed by atoms with E-state index >= 15 is 0 Å². The largest absolute Gasteiger partial charge is 0.324 e. The van der Waals surface area contributed by atoms with Crippen molar-refractivity contribution in [1.29, 1.82) is 0 Å². The van der Waals surface area contributed by atoms with Gasteiger partial charge in [-0.15, -0.1) is 0 Å². The van der Waals surface area contributed by atoms with Crippen molar-refractivity contribution >= 4 is 11.6 Å². The Morgan fingerprint density at radius 2 is 1.57 bits per heavy atom. The van der Waals surface area contributed by atoms with E-state index in [4.69, 9.17) is 5.73 Å². The average Bonchev–Trinajstić information content (AvgIpc) is 2.47. The highest BCUT2D eigenvalue weighted by atomic mass is 16.2. The first kappa shape index (κ1) is 15.3. The van der Waals surface area contributed by atoms with Crippen LogP contribution in [0.3, 0.4) is 0 Å². The van der Waals surface area contributed by atoms with Crippen LogP contribution in [0, 0.1) is 0 Å². The van der Waals surface area contributed by atoms with E-state index in [1.165, 1.54) is 0 Å². The minimum atomic E-state index is -0.667. The number of anilines is 1. The number of rotatable bonds is 3. The summed E-state index contributed by atoms with van der Waals surface area (Å²) in [5.41, 5.74) is 8.72. The molecular weight excluding hydrogens is 260 g/mol. The van der Waals surface area contributed by atoms with Gasteiger partial charge in [-0.05, 0) is 22.6 Å². The van der Waals surface area contributed by atoms with Crippen molar-refractivity contribution in [1.82, 2.24) is 0 Å². The van der Waals surface area contributed by atoms with Crippen molar-refractivity contribution < 1.29 is 4.79 Å². The highest BCUT2D eigenvalue weighted by Gasteiger charge is 2.21. The summed E-state index contributed by atoms with van der Waals surface area (Å²) in [4.78, 5) is 12.4. The van der Waals surface area contributed by atoms with Crippen LogP contribution in [-0.2, 0) is 10.2 Å². The molecule has 0 aliphatic heterocycles. The molecule has 1 amide bonds. The quantitative estimate of drug-likeness (QED) is 0.903. The van der Waals surface area contributed by atoms with Gasteiger partial charge in [0.25, 0.3) is 0 Å². The Hall–Kier alpha value is -2.13. The Morgan fingerprint density at radius 1 is 1.00 bits per heavy atom. The number of nitrogens with two attached hydrogens (primary N) is 1. The summed E-state index contributed by atoms with van der Waals surface area (Å²) in [7, 11) is 0. The van der Waals surface area contributed by atoms with Crippen molar-refractivity contribution in [3.8, 4) is 0 Å². The number of carbonyl (C=O) groups is 1. The van der Waals surface area contributed by atoms with Gasteiger partial charge in [0.2, 0.25) is 5.91 Å². The first-order valence-electron chi connectivity index (χ1n) is 7.10. The van der Waals surface area contributed by atoms with E-state index in [0.29, 0.717) is 0 Å². The van der Waals surface area contributed by atoms with Gasteiger partial charge in [-0.2, -0.15) is 0 Å². The predicted octanol–water partition coefficient (Wildman–Crippen LogP) is 3.62. The maximum absolute atomic E-state index is 12.4. The fourth-order valence-corrected chi connectivity index (χ4v) is 2.27. The van der Waals surface area contributed by atoms with Gasteiger partial charge in [0.15, 0.2) is 0 Å². The van der Waals surface area contributed by atoms with Crippen LogP contribution >= 0.6 is 0 Å². The van der Waals surface area contributed by atoms with Crippen molar-refractivity contribution in [3.05, 3.63) is 65.7 Å². The van der Waals surface area contributed by atoms with Crippen LogP contribution in [0.15, 0.2) is 54.6 Å². The summed E-state index contributed by atoms with van der Waals surface area (Å²) in [6, 6.07) is 16.6. The molecule has 0 aliphatic rings. The predicted molar refractivity (Wildman–Crippen MR) is 87.1 cm³/mol. The van der Waals surface area contributed by atoms with Crippen LogP contribution in [0.25, 0.3) is 0 Å². The fraction of sp³-hybridized carbons (Fsp3) is 0.278. The lowest BCUT2D eigenvalue weighted by Gasteiger charge is -2.23. The number of amides is 1. The van der Waals surface area contributed by atoms with Gasteiger partial charge < -0.3 is 11.1 Å². The molecule has 21 heavy (non-hydrogen) atoms. The van der Waals surface area contributed by atoms with Crippen LogP contribution in [0.5, 0.6) is 0 Å². The minimum absolute atomic E-state index is 0.0410. The second-order valence-electron chi connectivity index (χ2n) is 6.17. The smallest absolute Gasteiger partial charge is 0.245 e. The number of nitrogens with one attached hydrogen (secondary N) is 1. The molecule has 0 saturated heterocycles. The van der Waals surface area contributed by atoms with Gasteiger partial charge in [0.1, 0.15) is 6.04 Å². The monoisotopic (exact) mass is 282 g/mol. The summed E-state index contributed by atoms with van der Waals surface area (Å²) in [6.45, 7) is 6.36. The standard InChI is InChI=1S/C18H22N2O/c1-18(2,3)14-11-7-8-12-15(14)20-17(21)16(19)13-9-5-4-6-10-13/h4-12,16H,19H2,1-3H3,(H,20,21). The average molecular weight is 282 g/mol. The molecule has 2 aromatic carbocycles. The van der Waals surface area contributed by atoms with E-state index in [2.05, 4.69) is 26.1 Å². The van der Waals surface area contributed by atoms with Crippen molar-refractivity contribution in [2.75, 3.05) is 5.32 Å². The van der Waals surface area contributed by atoms with E-state index in [9.17, 15) is 4.79 Å². The number of hydrogen-bond donors (Lipinski definition) is 2. The van der Waals surface area contributed by atoms with E-state index in [1.807, 2.05) is 54.6 Å². The molecule has 3 N–H and O–H groups in total. The molecule has 3 nitrogen and oxygen atoms in total. The molecule has 1 atom stereocenters. The third-order valence-corrected chi connectivity index (χ3v) is 3.43. The van der Waals surface area contributed by atoms with Crippen LogP contribution in [0.4, 0.5) is 5.69 Å². The molecule has 0 saturated carbocycles. The fourth-order valence-electron chi connectivity index (χ4n) is 2.27. The second kappa shape index (κ2) is 6.10. The van der Waals surface area contributed by atoms with Gasteiger partial charge in [-0.25, -0.2) is 0 Å². The Morgan fingerprint density at radius 3 is 2.19 bits per heavy atom. The lowest BCUT2D eigenvalue weighted by atomic mass is 9.85. The van der Waals surface area contributed by atoms with Crippen molar-refractivity contribution in [2.45, 2.75) is 32.2 Å². The highest BCUT2D eigenvalue weighted by Crippen LogP contribution is 2.29. The molecule has 0 fully saturated rings. The number of carbonyl (C=O) groups excluding carboxylic acids is 1. The number of para-hydroxylation sites is 1. The summed E-state index contributed by atoms with van der Waals surface area (Å²) < 4.78 is 0. The topological polar surface area (TPSA) is 55.1 Å². The molecule has 0 heterocycles. The Labute approximate surface area is 126 Å². The summed E-state index contributed by atoms with van der Waals surface area (Å²) >= 11 is 0. The molecule has 0 aromatic heterocycles. The molecule has 2 aromatic rings. The van der Waals surface area contributed by atoms with Crippen LogP contribution in [0.2, 0.25) is 0 Å². The normalized spacial score (nSPS) is 12.8. The number of hydrogen-bond acceptors (Lipinski definition) is 2. The maximum Gasteiger partial charge on any atom is 0.245 e. The Kier molecular flexibility index (Phi) is 4.43. The van der Waals surface area contributed by atoms with Crippen LogP contribution in [-0.4, -0.2) is 5.91 Å². The molecule has 0 spiro atoms. The van der Waals surface area contributed by atoms with Gasteiger partial charge in [0.05, 0.1) is 0 Å². The van der Waals surface area contributed by atoms with Gasteiger partial charge in [0, 0.05) is 5.69 Å². The van der Waals surface area contributed by atoms with E-state index in [1.54, 1.807) is 0 Å².